The summed E-state index contributed by atoms with van der Waals surface area (Å²) in [5.41, 5.74) is 21.0. The molecule has 15 rings (SSSR count). The zero-order chi connectivity index (χ0) is 49.4. The molecule has 0 saturated carbocycles. The fourth-order valence-electron chi connectivity index (χ4n) is 11.9. The summed E-state index contributed by atoms with van der Waals surface area (Å²) < 4.78 is 11.9. The first-order valence-corrected chi connectivity index (χ1v) is 25.7. The van der Waals surface area contributed by atoms with E-state index in [1.54, 1.807) is 0 Å². The van der Waals surface area contributed by atoms with Crippen LogP contribution in [-0.4, -0.2) is 19.1 Å². The van der Waals surface area contributed by atoms with Gasteiger partial charge in [-0.1, -0.05) is 206 Å². The van der Waals surface area contributed by atoms with Gasteiger partial charge in [0, 0.05) is 61.0 Å². The van der Waals surface area contributed by atoms with Gasteiger partial charge in [0.1, 0.15) is 16.8 Å². The SMILES string of the molecule is C1=CC(c2ccccc2)Cc2c1n(-c1c(-c3ccccc3)cc(-c3nc(-c4ccccc4)nc4c3oc3ccccc34)cc1-c1ccccc1)c1cc(-n3c4ccccc4c4ccccc43)c(-c3ccccc3)cc21. The van der Waals surface area contributed by atoms with E-state index in [2.05, 4.69) is 234 Å². The number of fused-ring (bicyclic) bond motifs is 9. The fourth-order valence-corrected chi connectivity index (χ4v) is 11.9. The summed E-state index contributed by atoms with van der Waals surface area (Å²) in [7, 11) is 0. The molecule has 0 bridgehead atoms. The van der Waals surface area contributed by atoms with Crippen molar-refractivity contribution in [2.45, 2.75) is 12.3 Å². The molecule has 1 atom stereocenters. The van der Waals surface area contributed by atoms with Gasteiger partial charge in [0.15, 0.2) is 11.4 Å². The van der Waals surface area contributed by atoms with Gasteiger partial charge in [-0.3, -0.25) is 0 Å². The predicted octanol–water partition coefficient (Wildman–Crippen LogP) is 18.1. The van der Waals surface area contributed by atoms with Crippen LogP contribution in [0.25, 0.3) is 128 Å². The lowest BCUT2D eigenvalue weighted by Gasteiger charge is -2.24. The maximum absolute atomic E-state index is 6.82. The number of benzene rings is 10. The van der Waals surface area contributed by atoms with Crippen molar-refractivity contribution in [2.75, 3.05) is 0 Å². The third-order valence-electron chi connectivity index (χ3n) is 15.3. The predicted molar refractivity (Wildman–Crippen MR) is 310 cm³/mol. The molecule has 4 aromatic heterocycles. The third-order valence-corrected chi connectivity index (χ3v) is 15.3. The standard InChI is InChI=1S/C70H46N4O/c1-6-22-45(23-7-1)50-38-39-62-58(40-50)59-43-55(46-24-8-2-9-25-46)63(73-60-35-19-16-32-52(60)53-33-17-20-36-61(53)73)44-64(59)74(62)68-56(47-26-10-3-11-27-47)41-51(42-57(68)48-28-12-4-13-29-48)66-69-67(54-34-18-21-37-65(54)75-69)72-70(71-66)49-30-14-5-15-31-49/h1-39,41-44,50H,40H2. The number of hydrogen-bond acceptors (Lipinski definition) is 3. The molecule has 1 aliphatic rings. The van der Waals surface area contributed by atoms with Crippen LogP contribution in [0.1, 0.15) is 22.7 Å². The summed E-state index contributed by atoms with van der Waals surface area (Å²) in [5, 5.41) is 4.63. The molecule has 0 spiro atoms. The Labute approximate surface area is 433 Å². The molecule has 75 heavy (non-hydrogen) atoms. The van der Waals surface area contributed by atoms with Crippen LogP contribution >= 0.6 is 0 Å². The van der Waals surface area contributed by atoms with Crippen LogP contribution < -0.4 is 0 Å². The Morgan fingerprint density at radius 1 is 0.413 bits per heavy atom. The summed E-state index contributed by atoms with van der Waals surface area (Å²) in [6.07, 6.45) is 5.65. The smallest absolute Gasteiger partial charge is 0.180 e. The van der Waals surface area contributed by atoms with Gasteiger partial charge in [-0.05, 0) is 88.8 Å². The lowest BCUT2D eigenvalue weighted by atomic mass is 9.86. The van der Waals surface area contributed by atoms with Gasteiger partial charge in [0.05, 0.1) is 27.9 Å². The van der Waals surface area contributed by atoms with Crippen LogP contribution in [0.3, 0.4) is 0 Å². The van der Waals surface area contributed by atoms with E-state index in [9.17, 15) is 0 Å². The molecule has 352 valence electrons. The van der Waals surface area contributed by atoms with Crippen LogP contribution in [0, 0.1) is 0 Å². The number of hydrogen-bond donors (Lipinski definition) is 0. The number of rotatable bonds is 8. The molecule has 1 aliphatic carbocycles. The normalized spacial score (nSPS) is 13.4. The highest BCUT2D eigenvalue weighted by atomic mass is 16.3. The topological polar surface area (TPSA) is 48.8 Å². The number of aromatic nitrogens is 4. The number of allylic oxidation sites excluding steroid dienone is 1. The minimum absolute atomic E-state index is 0.197. The molecule has 0 saturated heterocycles. The van der Waals surface area contributed by atoms with Crippen LogP contribution in [0.2, 0.25) is 0 Å². The first-order chi connectivity index (χ1) is 37.2. The minimum atomic E-state index is 0.197. The second-order valence-corrected chi connectivity index (χ2v) is 19.6. The zero-order valence-corrected chi connectivity index (χ0v) is 40.8. The highest BCUT2D eigenvalue weighted by Crippen LogP contribution is 2.49. The van der Waals surface area contributed by atoms with E-state index in [0.717, 1.165) is 89.9 Å². The first kappa shape index (κ1) is 42.8. The van der Waals surface area contributed by atoms with E-state index in [-0.39, 0.29) is 5.92 Å². The molecule has 5 heteroatoms. The van der Waals surface area contributed by atoms with Crippen molar-refractivity contribution in [2.24, 2.45) is 0 Å². The Balaban J connectivity index is 1.09. The Bertz CT molecular complexity index is 4420. The highest BCUT2D eigenvalue weighted by molar-refractivity contribution is 6.11. The van der Waals surface area contributed by atoms with Crippen molar-refractivity contribution in [3.63, 3.8) is 0 Å². The number of para-hydroxylation sites is 3. The molecular formula is C70H46N4O. The van der Waals surface area contributed by atoms with Crippen LogP contribution in [0.4, 0.5) is 0 Å². The van der Waals surface area contributed by atoms with Gasteiger partial charge in [-0.15, -0.1) is 0 Å². The Morgan fingerprint density at radius 3 is 1.55 bits per heavy atom. The van der Waals surface area contributed by atoms with Crippen molar-refractivity contribution in [3.05, 3.63) is 272 Å². The quantitative estimate of drug-likeness (QED) is 0.152. The molecule has 14 aromatic rings. The number of furan rings is 1. The summed E-state index contributed by atoms with van der Waals surface area (Å²) in [4.78, 5) is 10.7. The molecular weight excluding hydrogens is 913 g/mol. The zero-order valence-electron chi connectivity index (χ0n) is 40.8. The highest BCUT2D eigenvalue weighted by Gasteiger charge is 2.30. The van der Waals surface area contributed by atoms with Gasteiger partial charge < -0.3 is 13.6 Å². The van der Waals surface area contributed by atoms with E-state index in [0.29, 0.717) is 11.4 Å². The van der Waals surface area contributed by atoms with Crippen LogP contribution in [-0.2, 0) is 6.42 Å². The van der Waals surface area contributed by atoms with Gasteiger partial charge >= 0.3 is 0 Å². The lowest BCUT2D eigenvalue weighted by Crippen LogP contribution is -2.09. The molecule has 0 radical (unpaired) electrons. The maximum atomic E-state index is 6.82. The van der Waals surface area contributed by atoms with E-state index in [1.165, 1.54) is 44.1 Å². The van der Waals surface area contributed by atoms with Crippen molar-refractivity contribution >= 4 is 60.9 Å². The second-order valence-electron chi connectivity index (χ2n) is 19.6. The third kappa shape index (κ3) is 7.00. The Morgan fingerprint density at radius 2 is 0.933 bits per heavy atom. The molecule has 0 fully saturated rings. The maximum Gasteiger partial charge on any atom is 0.180 e. The second kappa shape index (κ2) is 17.4. The molecule has 10 aromatic carbocycles. The van der Waals surface area contributed by atoms with Crippen LogP contribution in [0.15, 0.2) is 259 Å². The molecule has 0 aliphatic heterocycles. The Kier molecular flexibility index (Phi) is 9.95. The minimum Gasteiger partial charge on any atom is -0.452 e. The van der Waals surface area contributed by atoms with Crippen molar-refractivity contribution < 1.29 is 4.42 Å². The van der Waals surface area contributed by atoms with Crippen molar-refractivity contribution in [1.29, 1.82) is 0 Å². The fraction of sp³-hybridized carbons (Fsp3) is 0.0286. The molecule has 0 amide bonds. The average molecular weight is 959 g/mol. The van der Waals surface area contributed by atoms with Gasteiger partial charge in [0.25, 0.3) is 0 Å². The Hall–Kier alpha value is -9.84. The summed E-state index contributed by atoms with van der Waals surface area (Å²) >= 11 is 0. The number of nitrogens with zero attached hydrogens (tertiary/aromatic N) is 4. The van der Waals surface area contributed by atoms with Gasteiger partial charge in [0.2, 0.25) is 0 Å². The summed E-state index contributed by atoms with van der Waals surface area (Å²) in [6.45, 7) is 0. The lowest BCUT2D eigenvalue weighted by molar-refractivity contribution is 0.667. The van der Waals surface area contributed by atoms with Crippen molar-refractivity contribution in [3.8, 4) is 67.4 Å². The molecule has 4 heterocycles. The van der Waals surface area contributed by atoms with E-state index in [1.807, 2.05) is 36.4 Å². The van der Waals surface area contributed by atoms with Gasteiger partial charge in [-0.25, -0.2) is 9.97 Å². The monoisotopic (exact) mass is 958 g/mol. The molecule has 0 N–H and O–H groups in total. The summed E-state index contributed by atoms with van der Waals surface area (Å²) in [6, 6.07) is 89.3. The average Bonchev–Trinajstić information content (AvgIpc) is 4.22. The molecule has 1 unspecified atom stereocenters. The van der Waals surface area contributed by atoms with E-state index < -0.39 is 0 Å². The van der Waals surface area contributed by atoms with Gasteiger partial charge in [-0.2, -0.15) is 0 Å². The van der Waals surface area contributed by atoms with Crippen LogP contribution in [0.5, 0.6) is 0 Å². The first-order valence-electron chi connectivity index (χ1n) is 25.7. The van der Waals surface area contributed by atoms with E-state index in [4.69, 9.17) is 14.4 Å². The largest absolute Gasteiger partial charge is 0.452 e. The van der Waals surface area contributed by atoms with Crippen molar-refractivity contribution in [1.82, 2.24) is 19.1 Å². The molecule has 5 nitrogen and oxygen atoms in total. The van der Waals surface area contributed by atoms with E-state index >= 15 is 0 Å². The summed E-state index contributed by atoms with van der Waals surface area (Å²) in [5.74, 6) is 0.842.